The maximum atomic E-state index is 6.61. The van der Waals surface area contributed by atoms with Crippen LogP contribution in [0.3, 0.4) is 0 Å². The van der Waals surface area contributed by atoms with Crippen LogP contribution in [0.5, 0.6) is 0 Å². The van der Waals surface area contributed by atoms with E-state index in [1.165, 1.54) is 27.8 Å². The number of benzene rings is 7. The van der Waals surface area contributed by atoms with Gasteiger partial charge in [-0.1, -0.05) is 115 Å². The van der Waals surface area contributed by atoms with E-state index >= 15 is 0 Å². The number of anilines is 3. The molecule has 0 atom stereocenters. The van der Waals surface area contributed by atoms with Crippen LogP contribution in [0.25, 0.3) is 44.2 Å². The monoisotopic (exact) mass is 589 g/mol. The summed E-state index contributed by atoms with van der Waals surface area (Å²) in [7, 11) is 0. The number of rotatable bonds is 5. The lowest BCUT2D eigenvalue weighted by Crippen LogP contribution is -2.22. The second-order valence-electron chi connectivity index (χ2n) is 12.3. The fraction of sp³-hybridized carbons (Fsp3) is 0.0455. The number of hydrogen-bond donors (Lipinski definition) is 0. The first-order valence-electron chi connectivity index (χ1n) is 15.9. The van der Waals surface area contributed by atoms with E-state index in [0.717, 1.165) is 50.1 Å². The van der Waals surface area contributed by atoms with E-state index in [4.69, 9.17) is 4.42 Å². The number of furan rings is 1. The van der Waals surface area contributed by atoms with E-state index in [2.05, 4.69) is 182 Å². The van der Waals surface area contributed by atoms with Crippen molar-refractivity contribution in [2.75, 3.05) is 4.90 Å². The summed E-state index contributed by atoms with van der Waals surface area (Å²) in [6.07, 6.45) is 0. The van der Waals surface area contributed by atoms with Crippen molar-refractivity contribution in [3.05, 3.63) is 187 Å². The highest BCUT2D eigenvalue weighted by Crippen LogP contribution is 2.52. The molecule has 1 aromatic heterocycles. The summed E-state index contributed by atoms with van der Waals surface area (Å²) in [5, 5.41) is 2.28. The lowest BCUT2D eigenvalue weighted by molar-refractivity contribution is 0.662. The smallest absolute Gasteiger partial charge is 0.136 e. The summed E-state index contributed by atoms with van der Waals surface area (Å²) in [6, 6.07) is 60.8. The van der Waals surface area contributed by atoms with Crippen LogP contribution in [0.15, 0.2) is 174 Å². The maximum Gasteiger partial charge on any atom is 0.136 e. The third-order valence-corrected chi connectivity index (χ3v) is 9.76. The Balaban J connectivity index is 1.09. The van der Waals surface area contributed by atoms with Gasteiger partial charge < -0.3 is 9.32 Å². The van der Waals surface area contributed by atoms with Crippen molar-refractivity contribution in [2.24, 2.45) is 0 Å². The van der Waals surface area contributed by atoms with Crippen LogP contribution >= 0.6 is 0 Å². The zero-order chi connectivity index (χ0) is 30.7. The highest BCUT2D eigenvalue weighted by atomic mass is 16.3. The molecule has 218 valence electrons. The Morgan fingerprint density at radius 3 is 1.52 bits per heavy atom. The minimum Gasteiger partial charge on any atom is -0.456 e. The van der Waals surface area contributed by atoms with Gasteiger partial charge in [-0.25, -0.2) is 0 Å². The quantitative estimate of drug-likeness (QED) is 0.199. The maximum absolute atomic E-state index is 6.61. The number of fused-ring (bicyclic) bond motifs is 6. The van der Waals surface area contributed by atoms with Gasteiger partial charge in [0.1, 0.15) is 11.2 Å². The molecule has 7 aromatic carbocycles. The molecule has 0 saturated carbocycles. The molecule has 0 bridgehead atoms. The molecule has 46 heavy (non-hydrogen) atoms. The molecule has 0 spiro atoms. The Hall–Kier alpha value is -5.86. The van der Waals surface area contributed by atoms with Crippen LogP contribution in [0, 0.1) is 0 Å². The van der Waals surface area contributed by atoms with Crippen molar-refractivity contribution >= 4 is 39.0 Å². The molecule has 1 aliphatic rings. The van der Waals surface area contributed by atoms with E-state index in [1.807, 2.05) is 0 Å². The molecule has 2 nitrogen and oxygen atoms in total. The molecular weight excluding hydrogens is 558 g/mol. The largest absolute Gasteiger partial charge is 0.456 e. The summed E-state index contributed by atoms with van der Waals surface area (Å²) in [5.41, 5.74) is 13.8. The van der Waals surface area contributed by atoms with Crippen LogP contribution in [0.2, 0.25) is 0 Å². The average molecular weight is 590 g/mol. The molecule has 1 heterocycles. The van der Waals surface area contributed by atoms with Crippen LogP contribution < -0.4 is 4.90 Å². The van der Waals surface area contributed by atoms with Gasteiger partial charge in [-0.15, -0.1) is 0 Å². The molecule has 9 rings (SSSR count). The van der Waals surface area contributed by atoms with Gasteiger partial charge in [-0.3, -0.25) is 0 Å². The van der Waals surface area contributed by atoms with Crippen LogP contribution in [-0.2, 0) is 5.41 Å². The van der Waals surface area contributed by atoms with Crippen molar-refractivity contribution in [1.29, 1.82) is 0 Å². The molecule has 1 aliphatic carbocycles. The summed E-state index contributed by atoms with van der Waals surface area (Å²) in [5.74, 6) is 0. The molecule has 0 amide bonds. The third-order valence-electron chi connectivity index (χ3n) is 9.76. The minimum atomic E-state index is -0.249. The van der Waals surface area contributed by atoms with Crippen LogP contribution in [-0.4, -0.2) is 0 Å². The Morgan fingerprint density at radius 2 is 0.913 bits per heavy atom. The lowest BCUT2D eigenvalue weighted by Gasteiger charge is -2.28. The first kappa shape index (κ1) is 26.5. The molecule has 2 heteroatoms. The summed E-state index contributed by atoms with van der Waals surface area (Å²) >= 11 is 0. The summed E-state index contributed by atoms with van der Waals surface area (Å²) in [6.45, 7) is 2.35. The van der Waals surface area contributed by atoms with Gasteiger partial charge in [0.2, 0.25) is 0 Å². The normalized spacial score (nSPS) is 13.1. The van der Waals surface area contributed by atoms with Gasteiger partial charge in [0.15, 0.2) is 0 Å². The zero-order valence-electron chi connectivity index (χ0n) is 25.5. The van der Waals surface area contributed by atoms with E-state index < -0.39 is 0 Å². The fourth-order valence-electron chi connectivity index (χ4n) is 7.44. The van der Waals surface area contributed by atoms with Gasteiger partial charge in [0.25, 0.3) is 0 Å². The van der Waals surface area contributed by atoms with Crippen molar-refractivity contribution in [3.8, 4) is 22.3 Å². The molecule has 0 radical (unpaired) electrons. The zero-order valence-corrected chi connectivity index (χ0v) is 25.5. The Labute approximate surface area is 268 Å². The average Bonchev–Trinajstić information content (AvgIpc) is 3.62. The first-order chi connectivity index (χ1) is 22.7. The van der Waals surface area contributed by atoms with Gasteiger partial charge in [0.05, 0.1) is 0 Å². The first-order valence-corrected chi connectivity index (χ1v) is 15.9. The molecule has 0 unspecified atom stereocenters. The van der Waals surface area contributed by atoms with E-state index in [-0.39, 0.29) is 5.41 Å². The number of para-hydroxylation sites is 2. The molecule has 0 fully saturated rings. The second kappa shape index (κ2) is 10.4. The fourth-order valence-corrected chi connectivity index (χ4v) is 7.44. The van der Waals surface area contributed by atoms with Crippen LogP contribution in [0.4, 0.5) is 17.1 Å². The van der Waals surface area contributed by atoms with Crippen molar-refractivity contribution in [2.45, 2.75) is 12.3 Å². The molecule has 8 aromatic rings. The van der Waals surface area contributed by atoms with Gasteiger partial charge in [0, 0.05) is 33.2 Å². The van der Waals surface area contributed by atoms with Gasteiger partial charge in [-0.05, 0) is 100 Å². The predicted molar refractivity (Wildman–Crippen MR) is 191 cm³/mol. The van der Waals surface area contributed by atoms with E-state index in [9.17, 15) is 0 Å². The molecule has 0 N–H and O–H groups in total. The lowest BCUT2D eigenvalue weighted by atomic mass is 9.74. The topological polar surface area (TPSA) is 16.4 Å². The van der Waals surface area contributed by atoms with Gasteiger partial charge in [-0.2, -0.15) is 0 Å². The Kier molecular flexibility index (Phi) is 5.97. The summed E-state index contributed by atoms with van der Waals surface area (Å²) < 4.78 is 6.61. The second-order valence-corrected chi connectivity index (χ2v) is 12.3. The molecular formula is C44H31NO. The summed E-state index contributed by atoms with van der Waals surface area (Å²) in [4.78, 5) is 2.28. The SMILES string of the molecule is CC1(c2ccc3c(c2)oc2cc(-c4ccc(N(c5ccccc5)c5ccccc5)cc4)ccc23)c2ccccc2-c2ccccc21. The molecule has 0 aliphatic heterocycles. The highest BCUT2D eigenvalue weighted by Gasteiger charge is 2.40. The van der Waals surface area contributed by atoms with Crippen molar-refractivity contribution < 1.29 is 4.42 Å². The van der Waals surface area contributed by atoms with Crippen molar-refractivity contribution in [3.63, 3.8) is 0 Å². The minimum absolute atomic E-state index is 0.249. The van der Waals surface area contributed by atoms with Crippen LogP contribution in [0.1, 0.15) is 23.6 Å². The van der Waals surface area contributed by atoms with E-state index in [0.29, 0.717) is 0 Å². The number of nitrogens with zero attached hydrogens (tertiary/aromatic N) is 1. The van der Waals surface area contributed by atoms with Gasteiger partial charge >= 0.3 is 0 Å². The number of hydrogen-bond acceptors (Lipinski definition) is 2. The molecule has 0 saturated heterocycles. The van der Waals surface area contributed by atoms with E-state index in [1.54, 1.807) is 0 Å². The van der Waals surface area contributed by atoms with Crippen molar-refractivity contribution in [1.82, 2.24) is 0 Å². The predicted octanol–water partition coefficient (Wildman–Crippen LogP) is 12.1. The highest BCUT2D eigenvalue weighted by molar-refractivity contribution is 6.06. The third kappa shape index (κ3) is 4.04. The standard InChI is InChI=1S/C44H31NO/c1-44(40-18-10-8-16-36(40)37-17-9-11-19-41(37)44)32-23-27-39-38-26-22-31(28-42(38)46-43(39)29-32)30-20-24-35(25-21-30)45(33-12-4-2-5-13-33)34-14-6-3-7-15-34/h2-29H,1H3. The Bertz CT molecular complexity index is 2280. The Morgan fingerprint density at radius 1 is 0.435 bits per heavy atom.